The third-order valence-corrected chi connectivity index (χ3v) is 3.01. The van der Waals surface area contributed by atoms with Crippen LogP contribution in [0.1, 0.15) is 30.9 Å². The molecule has 5 nitrogen and oxygen atoms in total. The molecule has 0 saturated carbocycles. The minimum atomic E-state index is 0.437. The number of nitrogens with one attached hydrogen (secondary N) is 1. The Morgan fingerprint density at radius 2 is 2.11 bits per heavy atom. The molecule has 0 saturated heterocycles. The third-order valence-electron chi connectivity index (χ3n) is 3.01. The summed E-state index contributed by atoms with van der Waals surface area (Å²) in [7, 11) is 1.93. The van der Waals surface area contributed by atoms with Gasteiger partial charge in [0.05, 0.1) is 17.0 Å². The van der Waals surface area contributed by atoms with E-state index in [0.29, 0.717) is 6.04 Å². The zero-order chi connectivity index (χ0) is 13.3. The molecule has 0 atom stereocenters. The van der Waals surface area contributed by atoms with Gasteiger partial charge in [-0.3, -0.25) is 4.68 Å². The monoisotopic (exact) mass is 248 g/mol. The van der Waals surface area contributed by atoms with Gasteiger partial charge in [-0.1, -0.05) is 19.0 Å². The van der Waals surface area contributed by atoms with Crippen molar-refractivity contribution in [1.29, 1.82) is 0 Å². The normalized spacial score (nSPS) is 11.4. The molecular formula is C13H20N4O. The molecule has 0 radical (unpaired) electrons. The molecule has 0 amide bonds. The second-order valence-corrected chi connectivity index (χ2v) is 4.89. The van der Waals surface area contributed by atoms with Crippen LogP contribution >= 0.6 is 0 Å². The van der Waals surface area contributed by atoms with Crippen LogP contribution in [-0.4, -0.2) is 21.0 Å². The molecule has 0 aromatic carbocycles. The fourth-order valence-corrected chi connectivity index (χ4v) is 1.95. The first kappa shape index (κ1) is 12.8. The smallest absolute Gasteiger partial charge is 0.170 e. The molecule has 2 rings (SSSR count). The first-order valence-electron chi connectivity index (χ1n) is 6.18. The highest BCUT2D eigenvalue weighted by Gasteiger charge is 2.16. The van der Waals surface area contributed by atoms with Crippen molar-refractivity contribution in [2.75, 3.05) is 0 Å². The maximum absolute atomic E-state index is 5.41. The van der Waals surface area contributed by atoms with E-state index >= 15 is 0 Å². The van der Waals surface area contributed by atoms with E-state index in [4.69, 9.17) is 4.52 Å². The van der Waals surface area contributed by atoms with E-state index in [1.54, 1.807) is 0 Å². The van der Waals surface area contributed by atoms with Gasteiger partial charge in [0.2, 0.25) is 0 Å². The molecule has 0 bridgehead atoms. The van der Waals surface area contributed by atoms with Crippen LogP contribution in [0.15, 0.2) is 10.6 Å². The number of hydrogen-bond donors (Lipinski definition) is 1. The van der Waals surface area contributed by atoms with Gasteiger partial charge in [0.1, 0.15) is 0 Å². The molecule has 0 aliphatic carbocycles. The van der Waals surface area contributed by atoms with Crippen LogP contribution < -0.4 is 5.32 Å². The maximum Gasteiger partial charge on any atom is 0.170 e. The summed E-state index contributed by atoms with van der Waals surface area (Å²) in [6, 6.07) is 2.42. The van der Waals surface area contributed by atoms with Crippen LogP contribution in [-0.2, 0) is 13.6 Å². The predicted octanol–water partition coefficient (Wildman–Crippen LogP) is 2.19. The molecule has 0 spiro atoms. The molecule has 1 N–H and O–H groups in total. The van der Waals surface area contributed by atoms with E-state index in [1.807, 2.05) is 31.6 Å². The van der Waals surface area contributed by atoms with E-state index in [2.05, 4.69) is 29.4 Å². The summed E-state index contributed by atoms with van der Waals surface area (Å²) in [5.41, 5.74) is 4.02. The van der Waals surface area contributed by atoms with Crippen molar-refractivity contribution in [3.05, 3.63) is 23.1 Å². The van der Waals surface area contributed by atoms with Crippen molar-refractivity contribution in [2.45, 2.75) is 40.3 Å². The van der Waals surface area contributed by atoms with Gasteiger partial charge in [-0.25, -0.2) is 0 Å². The van der Waals surface area contributed by atoms with Crippen LogP contribution in [0.25, 0.3) is 11.3 Å². The molecule has 5 heteroatoms. The largest absolute Gasteiger partial charge is 0.356 e. The van der Waals surface area contributed by atoms with Crippen molar-refractivity contribution in [1.82, 2.24) is 20.3 Å². The van der Waals surface area contributed by atoms with Crippen LogP contribution in [0.2, 0.25) is 0 Å². The fraction of sp³-hybridized carbons (Fsp3) is 0.538. The van der Waals surface area contributed by atoms with Crippen molar-refractivity contribution < 1.29 is 4.52 Å². The van der Waals surface area contributed by atoms with Gasteiger partial charge in [0, 0.05) is 31.4 Å². The van der Waals surface area contributed by atoms with Gasteiger partial charge in [0.15, 0.2) is 5.76 Å². The highest BCUT2D eigenvalue weighted by Crippen LogP contribution is 2.26. The molecule has 0 fully saturated rings. The van der Waals surface area contributed by atoms with Gasteiger partial charge in [0.25, 0.3) is 0 Å². The number of aromatic nitrogens is 3. The van der Waals surface area contributed by atoms with Crippen LogP contribution in [0.5, 0.6) is 0 Å². The summed E-state index contributed by atoms with van der Waals surface area (Å²) in [5.74, 6) is 0.790. The maximum atomic E-state index is 5.41. The molecule has 2 heterocycles. The lowest BCUT2D eigenvalue weighted by Gasteiger charge is -2.03. The highest BCUT2D eigenvalue weighted by molar-refractivity contribution is 5.63. The SMILES string of the molecule is Cc1nn(C)c(C)c1-c1cc(CNC(C)C)no1. The minimum Gasteiger partial charge on any atom is -0.356 e. The number of aryl methyl sites for hydroxylation is 2. The summed E-state index contributed by atoms with van der Waals surface area (Å²) in [4.78, 5) is 0. The van der Waals surface area contributed by atoms with Gasteiger partial charge in [-0.05, 0) is 13.8 Å². The lowest BCUT2D eigenvalue weighted by atomic mass is 10.1. The number of rotatable bonds is 4. The molecule has 0 aliphatic rings. The lowest BCUT2D eigenvalue weighted by Crippen LogP contribution is -2.21. The summed E-state index contributed by atoms with van der Waals surface area (Å²) in [6.07, 6.45) is 0. The summed E-state index contributed by atoms with van der Waals surface area (Å²) in [5, 5.41) is 11.8. The van der Waals surface area contributed by atoms with Crippen LogP contribution in [0.4, 0.5) is 0 Å². The quantitative estimate of drug-likeness (QED) is 0.901. The molecule has 2 aromatic rings. The second kappa shape index (κ2) is 4.94. The topological polar surface area (TPSA) is 55.9 Å². The zero-order valence-electron chi connectivity index (χ0n) is 11.6. The van der Waals surface area contributed by atoms with Gasteiger partial charge in [-0.15, -0.1) is 0 Å². The van der Waals surface area contributed by atoms with E-state index in [-0.39, 0.29) is 0 Å². The number of hydrogen-bond acceptors (Lipinski definition) is 4. The Morgan fingerprint density at radius 3 is 2.67 bits per heavy atom. The third kappa shape index (κ3) is 2.46. The summed E-state index contributed by atoms with van der Waals surface area (Å²) < 4.78 is 7.27. The Labute approximate surface area is 107 Å². The number of nitrogens with zero attached hydrogens (tertiary/aromatic N) is 3. The fourth-order valence-electron chi connectivity index (χ4n) is 1.95. The Morgan fingerprint density at radius 1 is 1.39 bits per heavy atom. The van der Waals surface area contributed by atoms with E-state index < -0.39 is 0 Å². The van der Waals surface area contributed by atoms with E-state index in [9.17, 15) is 0 Å². The Kier molecular flexibility index (Phi) is 3.52. The molecule has 98 valence electrons. The molecule has 2 aromatic heterocycles. The van der Waals surface area contributed by atoms with Crippen molar-refractivity contribution in [3.8, 4) is 11.3 Å². The van der Waals surface area contributed by atoms with E-state index in [0.717, 1.165) is 35.0 Å². The lowest BCUT2D eigenvalue weighted by molar-refractivity contribution is 0.417. The van der Waals surface area contributed by atoms with Crippen molar-refractivity contribution in [3.63, 3.8) is 0 Å². The second-order valence-electron chi connectivity index (χ2n) is 4.89. The van der Waals surface area contributed by atoms with Crippen LogP contribution in [0.3, 0.4) is 0 Å². The van der Waals surface area contributed by atoms with Crippen LogP contribution in [0, 0.1) is 13.8 Å². The Bertz CT molecular complexity index is 539. The highest BCUT2D eigenvalue weighted by atomic mass is 16.5. The van der Waals surface area contributed by atoms with Crippen molar-refractivity contribution in [2.24, 2.45) is 7.05 Å². The predicted molar refractivity (Wildman–Crippen MR) is 70.2 cm³/mol. The van der Waals surface area contributed by atoms with Gasteiger partial charge < -0.3 is 9.84 Å². The molecular weight excluding hydrogens is 228 g/mol. The first-order valence-corrected chi connectivity index (χ1v) is 6.18. The zero-order valence-corrected chi connectivity index (χ0v) is 11.6. The van der Waals surface area contributed by atoms with E-state index in [1.165, 1.54) is 0 Å². The molecule has 0 unspecified atom stereocenters. The Balaban J connectivity index is 2.24. The average molecular weight is 248 g/mol. The van der Waals surface area contributed by atoms with Gasteiger partial charge in [-0.2, -0.15) is 5.10 Å². The Hall–Kier alpha value is -1.62. The van der Waals surface area contributed by atoms with Gasteiger partial charge >= 0.3 is 0 Å². The minimum absolute atomic E-state index is 0.437. The molecule has 0 aliphatic heterocycles. The molecule has 18 heavy (non-hydrogen) atoms. The van der Waals surface area contributed by atoms with Crippen molar-refractivity contribution >= 4 is 0 Å². The first-order chi connectivity index (χ1) is 8.49. The standard InChI is InChI=1S/C13H20N4O/c1-8(2)14-7-11-6-12(18-16-11)13-9(3)15-17(5)10(13)4/h6,8,14H,7H2,1-5H3. The average Bonchev–Trinajstić information content (AvgIpc) is 2.83. The summed E-state index contributed by atoms with van der Waals surface area (Å²) in [6.45, 7) is 8.95. The summed E-state index contributed by atoms with van der Waals surface area (Å²) >= 11 is 0.